The lowest BCUT2D eigenvalue weighted by molar-refractivity contribution is -0.117. The van der Waals surface area contributed by atoms with Gasteiger partial charge in [0.1, 0.15) is 5.82 Å². The number of amides is 1. The lowest BCUT2D eigenvalue weighted by atomic mass is 10.1. The molecule has 1 aliphatic rings. The molecule has 1 atom stereocenters. The second-order valence-electron chi connectivity index (χ2n) is 4.25. The maximum absolute atomic E-state index is 13.1. The highest BCUT2D eigenvalue weighted by atomic mass is 32.1. The molecule has 3 nitrogen and oxygen atoms in total. The summed E-state index contributed by atoms with van der Waals surface area (Å²) in [5.41, 5.74) is 0.163. The normalized spacial score (nSPS) is 19.3. The van der Waals surface area contributed by atoms with Crippen molar-refractivity contribution in [2.24, 2.45) is 5.92 Å². The average Bonchev–Trinajstić information content (AvgIpc) is 2.70. The van der Waals surface area contributed by atoms with Crippen LogP contribution in [-0.4, -0.2) is 24.8 Å². The van der Waals surface area contributed by atoms with Gasteiger partial charge in [-0.05, 0) is 23.8 Å². The number of carbonyl (C=O) groups excluding carboxylic acids is 1. The van der Waals surface area contributed by atoms with Gasteiger partial charge in [0.15, 0.2) is 5.75 Å². The molecule has 0 N–H and O–H groups in total. The lowest BCUT2D eigenvalue weighted by Crippen LogP contribution is -2.25. The Bertz CT molecular complexity index is 484. The Hall–Kier alpha value is -1.37. The molecule has 0 aliphatic carbocycles. The number of hydrogen-bond donors (Lipinski definition) is 1. The second kappa shape index (κ2) is 5.73. The van der Waals surface area contributed by atoms with Crippen molar-refractivity contribution in [1.29, 1.82) is 0 Å². The van der Waals surface area contributed by atoms with Gasteiger partial charge in [0.05, 0.1) is 5.69 Å². The molecule has 0 bridgehead atoms. The molecule has 1 aromatic rings. The number of hydrogen-bond acceptors (Lipinski definition) is 3. The van der Waals surface area contributed by atoms with E-state index in [2.05, 4.69) is 17.4 Å². The van der Waals surface area contributed by atoms with Crippen molar-refractivity contribution in [2.75, 3.05) is 17.2 Å². The van der Waals surface area contributed by atoms with Gasteiger partial charge in [0.2, 0.25) is 5.91 Å². The minimum absolute atomic E-state index is 0.0558. The van der Waals surface area contributed by atoms with Crippen molar-refractivity contribution in [2.45, 2.75) is 13.0 Å². The van der Waals surface area contributed by atoms with Crippen molar-refractivity contribution in [3.05, 3.63) is 24.0 Å². The van der Waals surface area contributed by atoms with E-state index in [0.717, 1.165) is 12.1 Å². The monoisotopic (exact) mass is 291 g/mol. The Labute approximate surface area is 113 Å². The third-order valence-electron chi connectivity index (χ3n) is 2.89. The molecule has 19 heavy (non-hydrogen) atoms. The van der Waals surface area contributed by atoms with Crippen LogP contribution in [-0.2, 0) is 4.79 Å². The van der Waals surface area contributed by atoms with Gasteiger partial charge in [-0.15, -0.1) is 0 Å². The Kier molecular flexibility index (Phi) is 4.24. The summed E-state index contributed by atoms with van der Waals surface area (Å²) in [5, 5.41) is 0. The molecule has 0 saturated carbocycles. The van der Waals surface area contributed by atoms with Crippen LogP contribution in [0.1, 0.15) is 6.42 Å². The lowest BCUT2D eigenvalue weighted by Gasteiger charge is -2.20. The zero-order valence-corrected chi connectivity index (χ0v) is 10.7. The Morgan fingerprint density at radius 1 is 1.47 bits per heavy atom. The van der Waals surface area contributed by atoms with Crippen LogP contribution in [0.3, 0.4) is 0 Å². The number of anilines is 1. The number of ether oxygens (including phenoxy) is 1. The van der Waals surface area contributed by atoms with Crippen LogP contribution in [0.5, 0.6) is 5.75 Å². The van der Waals surface area contributed by atoms with Crippen LogP contribution in [0.25, 0.3) is 0 Å². The minimum Gasteiger partial charge on any atom is -0.432 e. The molecule has 1 fully saturated rings. The van der Waals surface area contributed by atoms with E-state index in [0.29, 0.717) is 18.7 Å². The van der Waals surface area contributed by atoms with Gasteiger partial charge in [-0.25, -0.2) is 4.39 Å². The van der Waals surface area contributed by atoms with Crippen LogP contribution in [0.15, 0.2) is 18.2 Å². The van der Waals surface area contributed by atoms with Crippen LogP contribution >= 0.6 is 12.6 Å². The van der Waals surface area contributed by atoms with E-state index in [1.54, 1.807) is 0 Å². The number of halogens is 3. The molecule has 1 amide bonds. The molecule has 7 heteroatoms. The highest BCUT2D eigenvalue weighted by Gasteiger charge is 2.31. The van der Waals surface area contributed by atoms with Crippen LogP contribution in [0, 0.1) is 11.7 Å². The van der Waals surface area contributed by atoms with Crippen LogP contribution < -0.4 is 9.64 Å². The van der Waals surface area contributed by atoms with E-state index in [9.17, 15) is 18.0 Å². The van der Waals surface area contributed by atoms with Gasteiger partial charge in [-0.1, -0.05) is 0 Å². The third kappa shape index (κ3) is 3.15. The molecule has 0 aromatic heterocycles. The quantitative estimate of drug-likeness (QED) is 0.864. The maximum Gasteiger partial charge on any atom is 0.387 e. The molecule has 2 rings (SSSR count). The molecule has 1 aliphatic heterocycles. The molecule has 0 radical (unpaired) electrons. The van der Waals surface area contributed by atoms with Gasteiger partial charge >= 0.3 is 6.61 Å². The number of rotatable bonds is 4. The van der Waals surface area contributed by atoms with E-state index in [1.807, 2.05) is 0 Å². The van der Waals surface area contributed by atoms with Crippen molar-refractivity contribution >= 4 is 24.2 Å². The molecule has 0 spiro atoms. The fraction of sp³-hybridized carbons (Fsp3) is 0.417. The average molecular weight is 291 g/mol. The molecule has 1 saturated heterocycles. The minimum atomic E-state index is -3.07. The van der Waals surface area contributed by atoms with Crippen molar-refractivity contribution in [3.8, 4) is 5.75 Å². The predicted molar refractivity (Wildman–Crippen MR) is 67.3 cm³/mol. The maximum atomic E-state index is 13.1. The first kappa shape index (κ1) is 14.0. The van der Waals surface area contributed by atoms with Crippen molar-refractivity contribution in [1.82, 2.24) is 0 Å². The molecule has 1 aromatic carbocycles. The van der Waals surface area contributed by atoms with E-state index in [4.69, 9.17) is 0 Å². The van der Waals surface area contributed by atoms with Gasteiger partial charge in [0.25, 0.3) is 0 Å². The molecule has 104 valence electrons. The van der Waals surface area contributed by atoms with Crippen molar-refractivity contribution in [3.63, 3.8) is 0 Å². The van der Waals surface area contributed by atoms with E-state index >= 15 is 0 Å². The number of nitrogens with zero attached hydrogens (tertiary/aromatic N) is 1. The number of carbonyl (C=O) groups is 1. The summed E-state index contributed by atoms with van der Waals surface area (Å²) < 4.78 is 42.0. The van der Waals surface area contributed by atoms with Gasteiger partial charge < -0.3 is 9.64 Å². The first-order chi connectivity index (χ1) is 9.01. The molecular formula is C12H12F3NO2S. The zero-order chi connectivity index (χ0) is 14.0. The highest BCUT2D eigenvalue weighted by Crippen LogP contribution is 2.34. The van der Waals surface area contributed by atoms with Gasteiger partial charge in [0, 0.05) is 19.0 Å². The first-order valence-electron chi connectivity index (χ1n) is 5.67. The highest BCUT2D eigenvalue weighted by molar-refractivity contribution is 7.80. The molecular weight excluding hydrogens is 279 g/mol. The van der Waals surface area contributed by atoms with Gasteiger partial charge in [-0.3, -0.25) is 4.79 Å². The number of thiol groups is 1. The SMILES string of the molecule is O=C1CC(CS)CN1c1ccc(F)cc1OC(F)F. The van der Waals surface area contributed by atoms with Crippen molar-refractivity contribution < 1.29 is 22.7 Å². The third-order valence-corrected chi connectivity index (χ3v) is 3.41. The Morgan fingerprint density at radius 2 is 2.21 bits per heavy atom. The summed E-state index contributed by atoms with van der Waals surface area (Å²) in [7, 11) is 0. The number of benzene rings is 1. The summed E-state index contributed by atoms with van der Waals surface area (Å²) >= 11 is 4.12. The zero-order valence-electron chi connectivity index (χ0n) is 9.85. The topological polar surface area (TPSA) is 29.5 Å². The second-order valence-corrected chi connectivity index (χ2v) is 4.61. The Balaban J connectivity index is 2.31. The Morgan fingerprint density at radius 3 is 2.79 bits per heavy atom. The smallest absolute Gasteiger partial charge is 0.387 e. The number of alkyl halides is 2. The van der Waals surface area contributed by atoms with E-state index < -0.39 is 12.4 Å². The van der Waals surface area contributed by atoms with Crippen LogP contribution in [0.4, 0.5) is 18.9 Å². The standard InChI is InChI=1S/C12H12F3NO2S/c13-8-1-2-9(10(4-8)18-12(14)15)16-5-7(6-19)3-11(16)17/h1-2,4,7,12,19H,3,5-6H2. The predicted octanol–water partition coefficient (Wildman–Crippen LogP) is 2.71. The summed E-state index contributed by atoms with van der Waals surface area (Å²) in [6, 6.07) is 3.23. The van der Waals surface area contributed by atoms with Crippen LogP contribution in [0.2, 0.25) is 0 Å². The summed E-state index contributed by atoms with van der Waals surface area (Å²) in [5.74, 6) is -0.654. The fourth-order valence-corrected chi connectivity index (χ4v) is 2.28. The molecule has 1 heterocycles. The van der Waals surface area contributed by atoms with E-state index in [1.165, 1.54) is 11.0 Å². The summed E-state index contributed by atoms with van der Waals surface area (Å²) in [6.45, 7) is -2.70. The molecule has 1 unspecified atom stereocenters. The first-order valence-corrected chi connectivity index (χ1v) is 6.30. The summed E-state index contributed by atoms with van der Waals surface area (Å²) in [6.07, 6.45) is 0.301. The summed E-state index contributed by atoms with van der Waals surface area (Å²) in [4.78, 5) is 13.2. The van der Waals surface area contributed by atoms with Gasteiger partial charge in [-0.2, -0.15) is 21.4 Å². The van der Waals surface area contributed by atoms with E-state index in [-0.39, 0.29) is 23.3 Å². The fourth-order valence-electron chi connectivity index (χ4n) is 2.04. The largest absolute Gasteiger partial charge is 0.432 e.